The number of hydrogen-bond acceptors (Lipinski definition) is 23. The van der Waals surface area contributed by atoms with E-state index in [0.29, 0.717) is 89.2 Å². The first-order chi connectivity index (χ1) is 61.2. The lowest BCUT2D eigenvalue weighted by atomic mass is 10.1. The fourth-order valence-electron chi connectivity index (χ4n) is 15.9. The van der Waals surface area contributed by atoms with Gasteiger partial charge >= 0.3 is 0 Å². The molecule has 8 aromatic carbocycles. The van der Waals surface area contributed by atoms with Crippen LogP contribution in [0.4, 0.5) is 23.3 Å². The van der Waals surface area contributed by atoms with E-state index in [2.05, 4.69) is 111 Å². The van der Waals surface area contributed by atoms with Crippen LogP contribution in [0.2, 0.25) is 0 Å². The van der Waals surface area contributed by atoms with Crippen LogP contribution >= 0.6 is 12.2 Å². The maximum Gasteiger partial charge on any atom is 0.253 e. The number of carbonyl (C=O) groups is 3. The molecule has 640 valence electrons. The summed E-state index contributed by atoms with van der Waals surface area (Å²) in [7, 11) is 0. The lowest BCUT2D eigenvalue weighted by molar-refractivity contribution is -0.137. The number of nitrogens with zero attached hydrogens (tertiary/aromatic N) is 15. The predicted molar refractivity (Wildman–Crippen MR) is 498 cm³/mol. The summed E-state index contributed by atoms with van der Waals surface area (Å²) in [6, 6.07) is 53.3. The molecule has 0 bridgehead atoms. The van der Waals surface area contributed by atoms with Gasteiger partial charge in [-0.15, -0.1) is 0 Å². The van der Waals surface area contributed by atoms with Crippen molar-refractivity contribution in [1.82, 2.24) is 68.4 Å². The smallest absolute Gasteiger partial charge is 0.253 e. The van der Waals surface area contributed by atoms with E-state index < -0.39 is 0 Å². The number of rotatable bonds is 29. The van der Waals surface area contributed by atoms with Gasteiger partial charge in [0, 0.05) is 114 Å². The van der Waals surface area contributed by atoms with Crippen molar-refractivity contribution in [3.8, 4) is 23.0 Å². The summed E-state index contributed by atoms with van der Waals surface area (Å²) < 4.78 is 8.77. The number of aromatic hydroxyl groups is 4. The van der Waals surface area contributed by atoms with E-state index in [4.69, 9.17) is 42.9 Å². The van der Waals surface area contributed by atoms with Crippen molar-refractivity contribution in [3.63, 3.8) is 0 Å². The lowest BCUT2D eigenvalue weighted by Crippen LogP contribution is -2.29. The topological polar surface area (TPSA) is 416 Å². The van der Waals surface area contributed by atoms with Crippen LogP contribution in [0.1, 0.15) is 147 Å². The monoisotopic (exact) mass is 1700 g/mol. The Labute approximate surface area is 731 Å². The minimum absolute atomic E-state index is 0.0114. The van der Waals surface area contributed by atoms with Gasteiger partial charge in [0.1, 0.15) is 68.4 Å². The molecule has 0 saturated heterocycles. The van der Waals surface area contributed by atoms with Gasteiger partial charge in [-0.3, -0.25) is 19.3 Å². The third-order valence-electron chi connectivity index (χ3n) is 22.2. The van der Waals surface area contributed by atoms with Gasteiger partial charge in [-0.25, -0.2) is 54.7 Å². The van der Waals surface area contributed by atoms with Crippen LogP contribution in [0.15, 0.2) is 205 Å². The van der Waals surface area contributed by atoms with Crippen molar-refractivity contribution >= 4 is 152 Å². The fraction of sp³-hybridized carbons (Fsp3) is 0.247. The molecule has 28 nitrogen and oxygen atoms in total. The number of imidazole rings is 4. The van der Waals surface area contributed by atoms with Gasteiger partial charge in [-0.05, 0) is 139 Å². The van der Waals surface area contributed by atoms with Gasteiger partial charge in [-0.1, -0.05) is 157 Å². The number of benzene rings is 8. The Balaban J connectivity index is 0.000000136. The Hall–Kier alpha value is -15.1. The van der Waals surface area contributed by atoms with E-state index in [-0.39, 0.29) is 60.4 Å². The molecule has 3 amide bonds. The molecule has 13 N–H and O–H groups in total. The molecule has 0 radical (unpaired) electrons. The number of phenolic OH excluding ortho intramolecular Hbond substituents is 4. The molecule has 16 aromatic rings. The third-order valence-corrected chi connectivity index (χ3v) is 22.3. The number of isocyanates is 1. The number of hydrogen-bond donors (Lipinski definition) is 9. The largest absolute Gasteiger partial charge is 0.508 e. The van der Waals surface area contributed by atoms with Crippen molar-refractivity contribution in [3.05, 3.63) is 262 Å². The van der Waals surface area contributed by atoms with Crippen LogP contribution in [-0.2, 0) is 97.2 Å². The van der Waals surface area contributed by atoms with Crippen LogP contribution in [0.5, 0.6) is 23.0 Å². The number of thiocarbonyl (C=S) groups is 1. The number of carbonyl (C=O) groups excluding carboxylic acids is 4. The number of phenols is 4. The molecule has 1 aliphatic heterocycles. The number of aryl methyl sites for hydroxylation is 4. The molecule has 17 rings (SSSR count). The van der Waals surface area contributed by atoms with Gasteiger partial charge < -0.3 is 66.9 Å². The molecule has 0 fully saturated rings. The molecular formula is C97H98N20O8S. The van der Waals surface area contributed by atoms with Crippen molar-refractivity contribution in [2.24, 2.45) is 9.98 Å². The number of anilines is 4. The minimum Gasteiger partial charge on any atom is -0.508 e. The number of fused-ring (bicyclic) bond motifs is 12. The summed E-state index contributed by atoms with van der Waals surface area (Å²) in [5.41, 5.74) is 41.5. The summed E-state index contributed by atoms with van der Waals surface area (Å²) in [6.45, 7) is 14.9. The maximum absolute atomic E-state index is 12.0. The Kier molecular flexibility index (Phi) is 27.6. The number of imide groups is 1. The van der Waals surface area contributed by atoms with Gasteiger partial charge in [0.25, 0.3) is 11.8 Å². The van der Waals surface area contributed by atoms with E-state index in [1.165, 1.54) is 24.3 Å². The lowest BCUT2D eigenvalue weighted by Gasteiger charge is -2.16. The van der Waals surface area contributed by atoms with Gasteiger partial charge in [0.2, 0.25) is 12.0 Å². The van der Waals surface area contributed by atoms with E-state index in [1.54, 1.807) is 24.3 Å². The van der Waals surface area contributed by atoms with Crippen LogP contribution < -0.4 is 28.3 Å². The van der Waals surface area contributed by atoms with E-state index in [0.717, 1.165) is 204 Å². The second-order valence-electron chi connectivity index (χ2n) is 30.9. The number of aliphatic imine (C=N–C) groups is 2. The van der Waals surface area contributed by atoms with Crippen LogP contribution in [0.25, 0.3) is 87.7 Å². The molecule has 0 atom stereocenters. The number of para-hydroxylation sites is 4. The number of amides is 3. The van der Waals surface area contributed by atoms with Gasteiger partial charge in [0.15, 0.2) is 23.3 Å². The van der Waals surface area contributed by atoms with E-state index >= 15 is 0 Å². The molecule has 29 heteroatoms. The molecule has 0 saturated carbocycles. The third kappa shape index (κ3) is 19.2. The fourth-order valence-corrected chi connectivity index (χ4v) is 15.9. The average molecular weight is 1700 g/mol. The molecule has 126 heavy (non-hydrogen) atoms. The Bertz CT molecular complexity index is 6760. The average Bonchev–Trinajstić information content (AvgIpc) is 1.61. The SMILES string of the molecule is C=CC(=O)NCc1cc(Cn2c(CCCC)nc3c(N)nc4ccccc4c32)ccc1O.CCCCc1nc2c(N)nc3ccccc3c2n1Cc1ccc(O)c(CN2C(=O)C=CC2=O)c1.CCCCc1nc2c(N)nc3ccccc3c2n1Cc1ccc(O)c(CN=C=O)c1.CCCCc1nc2c(N)nc3ccccc3c2n1Cc1ccc(O)c(CN=C=S)c1. The summed E-state index contributed by atoms with van der Waals surface area (Å²) >= 11 is 4.66. The quantitative estimate of drug-likeness (QED) is 0.00691. The zero-order chi connectivity index (χ0) is 88.7. The first-order valence-corrected chi connectivity index (χ1v) is 42.5. The maximum atomic E-state index is 12.0. The Morgan fingerprint density at radius 2 is 0.714 bits per heavy atom. The summed E-state index contributed by atoms with van der Waals surface area (Å²) in [4.78, 5) is 92.3. The van der Waals surface area contributed by atoms with Crippen LogP contribution in [-0.4, -0.2) is 112 Å². The zero-order valence-electron chi connectivity index (χ0n) is 70.6. The molecular weight excluding hydrogens is 1610 g/mol. The highest BCUT2D eigenvalue weighted by Gasteiger charge is 2.27. The number of nitrogen functional groups attached to an aromatic ring is 4. The van der Waals surface area contributed by atoms with Crippen molar-refractivity contribution < 1.29 is 39.6 Å². The van der Waals surface area contributed by atoms with E-state index in [1.807, 2.05) is 140 Å². The van der Waals surface area contributed by atoms with Gasteiger partial charge in [0.05, 0.1) is 68.9 Å². The molecule has 9 heterocycles. The standard InChI is InChI=1S/C26H25N5O3.C25H27N5O2.C23H23N5O2.C23H23N5OS/c1-2-3-8-21-29-24-25(18-6-4-5-7-19(18)28-26(24)27)30(21)14-16-9-10-20(32)17(13-16)15-31-22(33)11-12-23(31)34;1-3-5-10-21-29-23-24(18-8-6-7-9-19(18)28-25(23)26)30(21)15-16-11-12-20(31)17(13-16)14-27-22(32)4-2;1-2-3-8-20-27-21-22(17-6-4-5-7-18(17)26-23(21)24)28(20)13-15-9-10-19(30)16(11-15)12-25-14-29;1-2-3-8-20-27-21-22(17-6-4-5-7-18(17)26-23(21)24)28(20)13-15-9-10-19(29)16(11-15)12-25-14-30/h4-7,9-13,32H,2-3,8,14-15H2,1H3,(H2,27,28);4,6-9,11-13,31H,2-3,5,10,14-15H2,1H3,(H2,26,28)(H,27,32);4-7,9-11,30H,2-3,8,12-13H2,1H3,(H2,24,26);4-7,9-11,29H,2-3,8,12-13H2,1H3,(H2,24,26). The second kappa shape index (κ2) is 39.9. The van der Waals surface area contributed by atoms with Crippen molar-refractivity contribution in [1.29, 1.82) is 0 Å². The summed E-state index contributed by atoms with van der Waals surface area (Å²) in [5, 5.41) is 49.9. The number of nitrogens with one attached hydrogen (secondary N) is 1. The van der Waals surface area contributed by atoms with Crippen molar-refractivity contribution in [2.75, 3.05) is 22.9 Å². The summed E-state index contributed by atoms with van der Waals surface area (Å²) in [6.07, 6.45) is 16.8. The van der Waals surface area contributed by atoms with E-state index in [9.17, 15) is 39.6 Å². The van der Waals surface area contributed by atoms with Crippen LogP contribution in [0.3, 0.4) is 0 Å². The highest BCUT2D eigenvalue weighted by atomic mass is 32.1. The minimum atomic E-state index is -0.383. The van der Waals surface area contributed by atoms with Crippen molar-refractivity contribution in [2.45, 2.75) is 157 Å². The molecule has 0 aliphatic carbocycles. The number of unbranched alkanes of at least 4 members (excludes halogenated alkanes) is 4. The first kappa shape index (κ1) is 87.3. The second-order valence-corrected chi connectivity index (χ2v) is 31.1. The highest BCUT2D eigenvalue weighted by Crippen LogP contribution is 2.37. The highest BCUT2D eigenvalue weighted by molar-refractivity contribution is 7.78. The predicted octanol–water partition coefficient (Wildman–Crippen LogP) is 16.7. The number of isothiocyanates is 1. The molecule has 0 spiro atoms. The number of nitrogens with two attached hydrogens (primary N) is 4. The number of aromatic nitrogens is 12. The molecule has 0 unspecified atom stereocenters. The Morgan fingerprint density at radius 1 is 0.421 bits per heavy atom. The molecule has 8 aromatic heterocycles. The molecule has 1 aliphatic rings. The zero-order valence-corrected chi connectivity index (χ0v) is 71.4. The van der Waals surface area contributed by atoms with Crippen LogP contribution in [0, 0.1) is 0 Å². The normalized spacial score (nSPS) is 11.8. The van der Waals surface area contributed by atoms with Gasteiger partial charge in [-0.2, -0.15) is 0 Å². The Morgan fingerprint density at radius 3 is 1.02 bits per heavy atom. The number of pyridine rings is 4. The summed E-state index contributed by atoms with van der Waals surface area (Å²) in [5.74, 6) is 4.96. The first-order valence-electron chi connectivity index (χ1n) is 42.1.